The molecule has 0 amide bonds. The smallest absolute Gasteiger partial charge is 0.0536 e. The molecule has 14 heavy (non-hydrogen) atoms. The van der Waals surface area contributed by atoms with Crippen LogP contribution in [-0.4, -0.2) is 14.6 Å². The van der Waals surface area contributed by atoms with Crippen LogP contribution in [0.3, 0.4) is 0 Å². The fourth-order valence-corrected chi connectivity index (χ4v) is 8.45. The molecule has 0 bridgehead atoms. The van der Waals surface area contributed by atoms with E-state index in [4.69, 9.17) is 5.73 Å². The Labute approximate surface area is 91.5 Å². The van der Waals surface area contributed by atoms with Gasteiger partial charge < -0.3 is 5.73 Å². The van der Waals surface area contributed by atoms with Crippen molar-refractivity contribution >= 4 is 8.07 Å². The maximum Gasteiger partial charge on any atom is 0.0536 e. The molecule has 2 heteroatoms. The van der Waals surface area contributed by atoms with Crippen molar-refractivity contribution < 1.29 is 0 Å². The van der Waals surface area contributed by atoms with Gasteiger partial charge >= 0.3 is 0 Å². The van der Waals surface area contributed by atoms with Crippen LogP contribution in [0.15, 0.2) is 0 Å². The summed E-state index contributed by atoms with van der Waals surface area (Å²) in [5.41, 5.74) is 5.65. The van der Waals surface area contributed by atoms with E-state index < -0.39 is 8.07 Å². The molecule has 0 fully saturated rings. The second-order valence-corrected chi connectivity index (χ2v) is 9.64. The Kier molecular flexibility index (Phi) is 8.59. The second kappa shape index (κ2) is 8.48. The first kappa shape index (κ1) is 14.2. The molecule has 0 aliphatic heterocycles. The predicted molar refractivity (Wildman–Crippen MR) is 69.5 cm³/mol. The van der Waals surface area contributed by atoms with E-state index in [9.17, 15) is 0 Å². The predicted octanol–water partition coefficient (Wildman–Crippen LogP) is 4.01. The van der Waals surface area contributed by atoms with Gasteiger partial charge in [-0.3, -0.25) is 0 Å². The van der Waals surface area contributed by atoms with Gasteiger partial charge in [0.25, 0.3) is 0 Å². The molecule has 0 aromatic carbocycles. The second-order valence-electron chi connectivity index (χ2n) is 4.64. The van der Waals surface area contributed by atoms with E-state index in [0.717, 1.165) is 6.54 Å². The largest absolute Gasteiger partial charge is 0.330 e. The lowest BCUT2D eigenvalue weighted by Crippen LogP contribution is -2.33. The number of rotatable bonds is 9. The van der Waals surface area contributed by atoms with Crippen LogP contribution in [-0.2, 0) is 0 Å². The first-order valence-corrected chi connectivity index (χ1v) is 9.27. The maximum atomic E-state index is 5.65. The summed E-state index contributed by atoms with van der Waals surface area (Å²) in [5.74, 6) is 0. The minimum absolute atomic E-state index is 0.895. The summed E-state index contributed by atoms with van der Waals surface area (Å²) in [4.78, 5) is 0. The SMILES string of the molecule is CCC[Si](CCC)(CCC)CCCN. The third-order valence-electron chi connectivity index (χ3n) is 3.25. The summed E-state index contributed by atoms with van der Waals surface area (Å²) in [6, 6.07) is 6.09. The van der Waals surface area contributed by atoms with Crippen LogP contribution in [0.5, 0.6) is 0 Å². The molecule has 0 aromatic heterocycles. The van der Waals surface area contributed by atoms with E-state index in [1.54, 1.807) is 0 Å². The normalized spacial score (nSPS) is 12.0. The minimum atomic E-state index is -0.896. The highest BCUT2D eigenvalue weighted by molar-refractivity contribution is 6.79. The van der Waals surface area contributed by atoms with Crippen molar-refractivity contribution in [2.24, 2.45) is 5.73 Å². The van der Waals surface area contributed by atoms with Crippen molar-refractivity contribution in [3.8, 4) is 0 Å². The monoisotopic (exact) mass is 215 g/mol. The zero-order valence-electron chi connectivity index (χ0n) is 10.4. The molecule has 2 N–H and O–H groups in total. The van der Waals surface area contributed by atoms with Crippen LogP contribution in [0.1, 0.15) is 46.5 Å². The Balaban J connectivity index is 4.21. The molecule has 0 unspecified atom stereocenters. The fraction of sp³-hybridized carbons (Fsp3) is 1.00. The standard InChI is InChI=1S/C12H29NSi/c1-4-9-14(10-5-2,11-6-3)12-7-8-13/h4-13H2,1-3H3. The summed E-state index contributed by atoms with van der Waals surface area (Å²) in [6.45, 7) is 7.92. The van der Waals surface area contributed by atoms with Gasteiger partial charge in [-0.2, -0.15) is 0 Å². The third kappa shape index (κ3) is 5.16. The van der Waals surface area contributed by atoms with Crippen LogP contribution in [0.2, 0.25) is 24.2 Å². The van der Waals surface area contributed by atoms with E-state index in [2.05, 4.69) is 20.8 Å². The molecule has 86 valence electrons. The highest BCUT2D eigenvalue weighted by Gasteiger charge is 2.28. The average Bonchev–Trinajstić information content (AvgIpc) is 2.16. The van der Waals surface area contributed by atoms with Crippen molar-refractivity contribution in [1.29, 1.82) is 0 Å². The Morgan fingerprint density at radius 1 is 0.786 bits per heavy atom. The first-order valence-electron chi connectivity index (χ1n) is 6.44. The molecule has 0 spiro atoms. The minimum Gasteiger partial charge on any atom is -0.330 e. The van der Waals surface area contributed by atoms with Gasteiger partial charge in [-0.1, -0.05) is 64.2 Å². The molecule has 0 radical (unpaired) electrons. The zero-order valence-corrected chi connectivity index (χ0v) is 11.4. The summed E-state index contributed by atoms with van der Waals surface area (Å²) in [5, 5.41) is 0. The molecular formula is C12H29NSi. The summed E-state index contributed by atoms with van der Waals surface area (Å²) >= 11 is 0. The van der Waals surface area contributed by atoms with Gasteiger partial charge in [0, 0.05) is 0 Å². The molecule has 0 saturated carbocycles. The first-order chi connectivity index (χ1) is 6.74. The Hall–Kier alpha value is 0.177. The van der Waals surface area contributed by atoms with Crippen LogP contribution < -0.4 is 5.73 Å². The molecule has 0 aliphatic carbocycles. The molecule has 0 heterocycles. The molecule has 0 atom stereocenters. The fourth-order valence-electron chi connectivity index (χ4n) is 2.82. The number of hydrogen-bond acceptors (Lipinski definition) is 1. The maximum absolute atomic E-state index is 5.65. The van der Waals surface area contributed by atoms with Crippen molar-refractivity contribution in [3.63, 3.8) is 0 Å². The van der Waals surface area contributed by atoms with Gasteiger partial charge in [0.05, 0.1) is 8.07 Å². The Morgan fingerprint density at radius 3 is 1.50 bits per heavy atom. The van der Waals surface area contributed by atoms with Crippen molar-refractivity contribution in [2.45, 2.75) is 70.6 Å². The quantitative estimate of drug-likeness (QED) is 0.578. The lowest BCUT2D eigenvalue weighted by atomic mass is 10.5. The van der Waals surface area contributed by atoms with Crippen LogP contribution in [0.4, 0.5) is 0 Å². The Bertz CT molecular complexity index is 108. The van der Waals surface area contributed by atoms with Gasteiger partial charge in [-0.05, 0) is 13.0 Å². The van der Waals surface area contributed by atoms with E-state index in [0.29, 0.717) is 0 Å². The lowest BCUT2D eigenvalue weighted by molar-refractivity contribution is 0.846. The van der Waals surface area contributed by atoms with Gasteiger partial charge in [0.1, 0.15) is 0 Å². The summed E-state index contributed by atoms with van der Waals surface area (Å²) < 4.78 is 0. The Morgan fingerprint density at radius 2 is 1.21 bits per heavy atom. The lowest BCUT2D eigenvalue weighted by Gasteiger charge is -2.31. The van der Waals surface area contributed by atoms with E-state index in [1.807, 2.05) is 0 Å². The van der Waals surface area contributed by atoms with Crippen LogP contribution >= 0.6 is 0 Å². The van der Waals surface area contributed by atoms with E-state index in [-0.39, 0.29) is 0 Å². The van der Waals surface area contributed by atoms with Crippen molar-refractivity contribution in [1.82, 2.24) is 0 Å². The van der Waals surface area contributed by atoms with Crippen LogP contribution in [0, 0.1) is 0 Å². The summed E-state index contributed by atoms with van der Waals surface area (Å²) in [6.07, 6.45) is 5.43. The molecule has 0 aliphatic rings. The zero-order chi connectivity index (χ0) is 10.9. The van der Waals surface area contributed by atoms with Crippen molar-refractivity contribution in [3.05, 3.63) is 0 Å². The average molecular weight is 215 g/mol. The summed E-state index contributed by atoms with van der Waals surface area (Å²) in [7, 11) is -0.896. The molecule has 1 nitrogen and oxygen atoms in total. The molecule has 0 saturated heterocycles. The van der Waals surface area contributed by atoms with Gasteiger partial charge in [0.15, 0.2) is 0 Å². The van der Waals surface area contributed by atoms with Crippen molar-refractivity contribution in [2.75, 3.05) is 6.54 Å². The van der Waals surface area contributed by atoms with Gasteiger partial charge in [0.2, 0.25) is 0 Å². The highest BCUT2D eigenvalue weighted by Crippen LogP contribution is 2.31. The number of nitrogens with two attached hydrogens (primary N) is 1. The molecular weight excluding hydrogens is 186 g/mol. The topological polar surface area (TPSA) is 26.0 Å². The van der Waals surface area contributed by atoms with Gasteiger partial charge in [-0.25, -0.2) is 0 Å². The highest BCUT2D eigenvalue weighted by atomic mass is 28.3. The van der Waals surface area contributed by atoms with Gasteiger partial charge in [-0.15, -0.1) is 0 Å². The number of hydrogen-bond donors (Lipinski definition) is 1. The molecule has 0 aromatic rings. The van der Waals surface area contributed by atoms with E-state index >= 15 is 0 Å². The third-order valence-corrected chi connectivity index (χ3v) is 9.35. The van der Waals surface area contributed by atoms with E-state index in [1.165, 1.54) is 49.9 Å². The van der Waals surface area contributed by atoms with Crippen LogP contribution in [0.25, 0.3) is 0 Å². The molecule has 0 rings (SSSR count).